The van der Waals surface area contributed by atoms with Crippen molar-refractivity contribution >= 4 is 11.6 Å². The van der Waals surface area contributed by atoms with Crippen molar-refractivity contribution in [2.75, 3.05) is 31.1 Å². The average molecular weight is 364 g/mol. The Bertz CT molecular complexity index is 943. The molecule has 0 atom stereocenters. The molecule has 0 N–H and O–H groups in total. The molecule has 3 aromatic rings. The first kappa shape index (κ1) is 17.3. The van der Waals surface area contributed by atoms with E-state index in [0.717, 1.165) is 18.8 Å². The van der Waals surface area contributed by atoms with E-state index in [0.29, 0.717) is 18.8 Å². The summed E-state index contributed by atoms with van der Waals surface area (Å²) >= 11 is 0. The lowest BCUT2D eigenvalue weighted by molar-refractivity contribution is 0.0738. The van der Waals surface area contributed by atoms with E-state index in [1.54, 1.807) is 29.2 Å². The molecule has 1 aliphatic heterocycles. The Hall–Kier alpha value is -3.15. The first-order valence-corrected chi connectivity index (χ1v) is 9.01. The quantitative estimate of drug-likeness (QED) is 0.716. The third kappa shape index (κ3) is 3.43. The highest BCUT2D eigenvalue weighted by Crippen LogP contribution is 2.22. The molecule has 6 heteroatoms. The molecule has 27 heavy (non-hydrogen) atoms. The lowest BCUT2D eigenvalue weighted by Gasteiger charge is -2.36. The van der Waals surface area contributed by atoms with Gasteiger partial charge in [0.05, 0.1) is 12.5 Å². The largest absolute Gasteiger partial charge is 0.368 e. The van der Waals surface area contributed by atoms with Crippen molar-refractivity contribution in [3.8, 4) is 5.69 Å². The van der Waals surface area contributed by atoms with Crippen molar-refractivity contribution in [2.45, 2.75) is 6.92 Å². The number of nitrogens with zero attached hydrogens (tertiary/aromatic N) is 4. The number of piperazine rings is 1. The molecule has 1 aliphatic rings. The molecule has 138 valence electrons. The zero-order valence-electron chi connectivity index (χ0n) is 15.2. The maximum Gasteiger partial charge on any atom is 0.272 e. The Morgan fingerprint density at radius 2 is 1.70 bits per heavy atom. The van der Waals surface area contributed by atoms with Gasteiger partial charge in [-0.3, -0.25) is 9.36 Å². The Morgan fingerprint density at radius 1 is 1.00 bits per heavy atom. The van der Waals surface area contributed by atoms with Crippen LogP contribution in [0.25, 0.3) is 5.69 Å². The molecule has 1 saturated heterocycles. The Kier molecular flexibility index (Phi) is 4.62. The van der Waals surface area contributed by atoms with Gasteiger partial charge in [-0.15, -0.1) is 0 Å². The zero-order chi connectivity index (χ0) is 18.8. The van der Waals surface area contributed by atoms with Crippen molar-refractivity contribution in [3.05, 3.63) is 78.1 Å². The van der Waals surface area contributed by atoms with Crippen LogP contribution in [-0.2, 0) is 0 Å². The van der Waals surface area contributed by atoms with Gasteiger partial charge in [-0.25, -0.2) is 9.37 Å². The fourth-order valence-corrected chi connectivity index (χ4v) is 3.49. The van der Waals surface area contributed by atoms with Crippen LogP contribution in [-0.4, -0.2) is 46.5 Å². The number of amides is 1. The predicted molar refractivity (Wildman–Crippen MR) is 103 cm³/mol. The number of benzene rings is 2. The van der Waals surface area contributed by atoms with Crippen molar-refractivity contribution in [1.29, 1.82) is 0 Å². The minimum Gasteiger partial charge on any atom is -0.368 e. The number of hydrogen-bond acceptors (Lipinski definition) is 3. The molecular formula is C21H21FN4O. The van der Waals surface area contributed by atoms with E-state index in [9.17, 15) is 9.18 Å². The molecule has 2 heterocycles. The van der Waals surface area contributed by atoms with Crippen LogP contribution in [0.5, 0.6) is 0 Å². The summed E-state index contributed by atoms with van der Waals surface area (Å²) < 4.78 is 14.9. The predicted octanol–water partition coefficient (Wildman–Crippen LogP) is 3.28. The van der Waals surface area contributed by atoms with Gasteiger partial charge < -0.3 is 9.80 Å². The number of halogens is 1. The number of carbonyl (C=O) groups is 1. The smallest absolute Gasteiger partial charge is 0.272 e. The van der Waals surface area contributed by atoms with Crippen LogP contribution in [0, 0.1) is 12.7 Å². The maximum atomic E-state index is 13.2. The van der Waals surface area contributed by atoms with Crippen LogP contribution < -0.4 is 4.90 Å². The normalized spacial score (nSPS) is 14.4. The molecule has 0 saturated carbocycles. The minimum atomic E-state index is -0.306. The highest BCUT2D eigenvalue weighted by atomic mass is 19.1. The van der Waals surface area contributed by atoms with Crippen molar-refractivity contribution in [2.24, 2.45) is 0 Å². The van der Waals surface area contributed by atoms with Crippen LogP contribution >= 0.6 is 0 Å². The number of aryl methyl sites for hydroxylation is 1. The topological polar surface area (TPSA) is 41.4 Å². The molecular weight excluding hydrogens is 343 g/mol. The van der Waals surface area contributed by atoms with Gasteiger partial charge in [0.25, 0.3) is 5.91 Å². The van der Waals surface area contributed by atoms with E-state index < -0.39 is 0 Å². The second-order valence-corrected chi connectivity index (χ2v) is 6.69. The molecule has 1 aromatic heterocycles. The highest BCUT2D eigenvalue weighted by molar-refractivity contribution is 5.93. The summed E-state index contributed by atoms with van der Waals surface area (Å²) in [5, 5.41) is 0. The molecule has 0 aliphatic carbocycles. The molecule has 4 rings (SSSR count). The van der Waals surface area contributed by atoms with Gasteiger partial charge in [0, 0.05) is 37.6 Å². The molecule has 2 aromatic carbocycles. The van der Waals surface area contributed by atoms with E-state index in [1.807, 2.05) is 17.0 Å². The zero-order valence-corrected chi connectivity index (χ0v) is 15.2. The number of para-hydroxylation sites is 1. The van der Waals surface area contributed by atoms with Gasteiger partial charge in [-0.1, -0.05) is 18.2 Å². The second-order valence-electron chi connectivity index (χ2n) is 6.69. The summed E-state index contributed by atoms with van der Waals surface area (Å²) in [6.45, 7) is 5.00. The molecule has 1 amide bonds. The van der Waals surface area contributed by atoms with Crippen molar-refractivity contribution in [1.82, 2.24) is 14.5 Å². The molecule has 0 spiro atoms. The number of aromatic nitrogens is 2. The maximum absolute atomic E-state index is 13.2. The highest BCUT2D eigenvalue weighted by Gasteiger charge is 2.25. The monoisotopic (exact) mass is 364 g/mol. The van der Waals surface area contributed by atoms with Crippen LogP contribution in [0.1, 0.15) is 16.1 Å². The summed E-state index contributed by atoms with van der Waals surface area (Å²) in [6.07, 6.45) is 3.16. The number of anilines is 1. The van der Waals surface area contributed by atoms with Gasteiger partial charge in [-0.05, 0) is 42.8 Å². The van der Waals surface area contributed by atoms with Gasteiger partial charge in [0.15, 0.2) is 0 Å². The summed E-state index contributed by atoms with van der Waals surface area (Å²) in [4.78, 5) is 21.3. The fourth-order valence-electron chi connectivity index (χ4n) is 3.49. The molecule has 1 fully saturated rings. The van der Waals surface area contributed by atoms with E-state index >= 15 is 0 Å². The van der Waals surface area contributed by atoms with E-state index in [4.69, 9.17) is 0 Å². The van der Waals surface area contributed by atoms with Crippen LogP contribution in [0.4, 0.5) is 10.1 Å². The first-order valence-electron chi connectivity index (χ1n) is 9.01. The molecule has 5 nitrogen and oxygen atoms in total. The van der Waals surface area contributed by atoms with Crippen molar-refractivity contribution < 1.29 is 9.18 Å². The second kappa shape index (κ2) is 7.23. The number of rotatable bonds is 3. The van der Waals surface area contributed by atoms with Crippen LogP contribution in [0.3, 0.4) is 0 Å². The van der Waals surface area contributed by atoms with E-state index in [2.05, 4.69) is 28.9 Å². The SMILES string of the molecule is Cc1ccccc1N1CCN(C(=O)c2cncn2-c2ccc(F)cc2)CC1. The summed E-state index contributed by atoms with van der Waals surface area (Å²) in [5.74, 6) is -0.361. The van der Waals surface area contributed by atoms with E-state index in [1.165, 1.54) is 23.4 Å². The first-order chi connectivity index (χ1) is 13.1. The summed E-state index contributed by atoms with van der Waals surface area (Å²) in [6, 6.07) is 14.4. The van der Waals surface area contributed by atoms with Gasteiger partial charge in [0.2, 0.25) is 0 Å². The average Bonchev–Trinajstić information content (AvgIpc) is 3.18. The standard InChI is InChI=1S/C21H21FN4O/c1-16-4-2-3-5-19(16)24-10-12-25(13-11-24)21(27)20-14-23-15-26(20)18-8-6-17(22)7-9-18/h2-9,14-15H,10-13H2,1H3. The Balaban J connectivity index is 1.48. The van der Waals surface area contributed by atoms with E-state index in [-0.39, 0.29) is 11.7 Å². The summed E-state index contributed by atoms with van der Waals surface area (Å²) in [7, 11) is 0. The third-order valence-corrected chi connectivity index (χ3v) is 4.99. The molecule has 0 bridgehead atoms. The third-order valence-electron chi connectivity index (χ3n) is 4.99. The molecule has 0 radical (unpaired) electrons. The minimum absolute atomic E-state index is 0.0544. The Morgan fingerprint density at radius 3 is 2.41 bits per heavy atom. The molecule has 0 unspecified atom stereocenters. The fraction of sp³-hybridized carbons (Fsp3) is 0.238. The van der Waals surface area contributed by atoms with Gasteiger partial charge in [-0.2, -0.15) is 0 Å². The van der Waals surface area contributed by atoms with Crippen molar-refractivity contribution in [3.63, 3.8) is 0 Å². The Labute approximate surface area is 157 Å². The lowest BCUT2D eigenvalue weighted by atomic mass is 10.1. The van der Waals surface area contributed by atoms with Gasteiger partial charge >= 0.3 is 0 Å². The van der Waals surface area contributed by atoms with Crippen LogP contribution in [0.2, 0.25) is 0 Å². The summed E-state index contributed by atoms with van der Waals surface area (Å²) in [5.41, 5.74) is 3.68. The number of imidazole rings is 1. The number of hydrogen-bond donors (Lipinski definition) is 0. The lowest BCUT2D eigenvalue weighted by Crippen LogP contribution is -2.49. The van der Waals surface area contributed by atoms with Crippen LogP contribution in [0.15, 0.2) is 61.1 Å². The van der Waals surface area contributed by atoms with Gasteiger partial charge in [0.1, 0.15) is 11.5 Å². The number of carbonyl (C=O) groups excluding carboxylic acids is 1.